The van der Waals surface area contributed by atoms with Crippen molar-refractivity contribution in [1.82, 2.24) is 15.0 Å². The molecule has 10 heavy (non-hydrogen) atoms. The number of hydrogen-bond acceptors (Lipinski definition) is 2. The van der Waals surface area contributed by atoms with E-state index in [0.717, 1.165) is 15.8 Å². The van der Waals surface area contributed by atoms with Crippen molar-refractivity contribution < 1.29 is 0 Å². The molecule has 0 aliphatic heterocycles. The summed E-state index contributed by atoms with van der Waals surface area (Å²) in [6.07, 6.45) is 3.46. The molecule has 0 bridgehead atoms. The average molecular weight is 198 g/mol. The molecule has 0 spiro atoms. The third-order valence-electron chi connectivity index (χ3n) is 1.25. The second-order valence-corrected chi connectivity index (χ2v) is 2.67. The van der Waals surface area contributed by atoms with Crippen molar-refractivity contribution in [1.29, 1.82) is 0 Å². The first-order valence-electron chi connectivity index (χ1n) is 2.81. The Morgan fingerprint density at radius 2 is 2.40 bits per heavy atom. The number of aromatic amines is 1. The SMILES string of the molecule is Brc1nc2ccncc2[nH]1. The Labute approximate surface area is 65.6 Å². The first kappa shape index (κ1) is 5.85. The number of hydrogen-bond donors (Lipinski definition) is 1. The molecule has 0 aliphatic rings. The summed E-state index contributed by atoms with van der Waals surface area (Å²) in [6.45, 7) is 0. The van der Waals surface area contributed by atoms with E-state index in [1.54, 1.807) is 12.4 Å². The molecule has 50 valence electrons. The number of rotatable bonds is 0. The fourth-order valence-electron chi connectivity index (χ4n) is 0.826. The highest BCUT2D eigenvalue weighted by Crippen LogP contribution is 2.11. The second-order valence-electron chi connectivity index (χ2n) is 1.92. The molecule has 0 amide bonds. The Morgan fingerprint density at radius 1 is 1.50 bits per heavy atom. The number of nitrogens with zero attached hydrogens (tertiary/aromatic N) is 2. The van der Waals surface area contributed by atoms with Gasteiger partial charge in [-0.05, 0) is 22.0 Å². The van der Waals surface area contributed by atoms with Crippen molar-refractivity contribution in [3.05, 3.63) is 23.2 Å². The van der Waals surface area contributed by atoms with Crippen molar-refractivity contribution in [2.45, 2.75) is 0 Å². The molecule has 0 fully saturated rings. The number of H-pyrrole nitrogens is 1. The Morgan fingerprint density at radius 3 is 3.20 bits per heavy atom. The maximum Gasteiger partial charge on any atom is 0.175 e. The molecular weight excluding hydrogens is 194 g/mol. The molecule has 0 atom stereocenters. The minimum atomic E-state index is 0.746. The molecule has 2 aromatic heterocycles. The van der Waals surface area contributed by atoms with Crippen LogP contribution >= 0.6 is 15.9 Å². The average Bonchev–Trinajstić information content (AvgIpc) is 2.27. The minimum absolute atomic E-state index is 0.746. The van der Waals surface area contributed by atoms with Gasteiger partial charge in [-0.3, -0.25) is 4.98 Å². The Balaban J connectivity index is 2.88. The van der Waals surface area contributed by atoms with Crippen LogP contribution in [-0.2, 0) is 0 Å². The third kappa shape index (κ3) is 0.806. The molecule has 0 aromatic carbocycles. The molecule has 2 heterocycles. The number of nitrogens with one attached hydrogen (secondary N) is 1. The topological polar surface area (TPSA) is 41.6 Å². The number of fused-ring (bicyclic) bond motifs is 1. The predicted octanol–water partition coefficient (Wildman–Crippen LogP) is 1.72. The van der Waals surface area contributed by atoms with Gasteiger partial charge in [-0.2, -0.15) is 0 Å². The van der Waals surface area contributed by atoms with E-state index in [1.807, 2.05) is 6.07 Å². The van der Waals surface area contributed by atoms with Gasteiger partial charge in [0.25, 0.3) is 0 Å². The van der Waals surface area contributed by atoms with Crippen LogP contribution in [0.2, 0.25) is 0 Å². The first-order valence-corrected chi connectivity index (χ1v) is 3.61. The van der Waals surface area contributed by atoms with Crippen LogP contribution in [0, 0.1) is 0 Å². The minimum Gasteiger partial charge on any atom is -0.331 e. The lowest BCUT2D eigenvalue weighted by Crippen LogP contribution is -1.69. The Kier molecular flexibility index (Phi) is 1.20. The van der Waals surface area contributed by atoms with Crippen LogP contribution in [-0.4, -0.2) is 15.0 Å². The largest absolute Gasteiger partial charge is 0.331 e. The smallest absolute Gasteiger partial charge is 0.175 e. The van der Waals surface area contributed by atoms with Crippen molar-refractivity contribution in [3.63, 3.8) is 0 Å². The summed E-state index contributed by atoms with van der Waals surface area (Å²) in [5.41, 5.74) is 1.89. The number of pyridine rings is 1. The molecule has 2 aromatic rings. The third-order valence-corrected chi connectivity index (χ3v) is 1.63. The van der Waals surface area contributed by atoms with Crippen LogP contribution in [0.3, 0.4) is 0 Å². The first-order chi connectivity index (χ1) is 4.86. The Hall–Kier alpha value is -0.900. The van der Waals surface area contributed by atoms with E-state index in [9.17, 15) is 0 Å². The maximum atomic E-state index is 4.13. The summed E-state index contributed by atoms with van der Waals surface area (Å²) in [4.78, 5) is 11.1. The molecule has 4 heteroatoms. The zero-order valence-corrected chi connectivity index (χ0v) is 6.59. The standard InChI is InChI=1S/C6H4BrN3/c7-6-9-4-1-2-8-3-5(4)10-6/h1-3H,(H,9,10). The van der Waals surface area contributed by atoms with Crippen LogP contribution in [0.25, 0.3) is 11.0 Å². The highest BCUT2D eigenvalue weighted by atomic mass is 79.9. The highest BCUT2D eigenvalue weighted by Gasteiger charge is 1.96. The lowest BCUT2D eigenvalue weighted by atomic mass is 10.4. The molecule has 0 aliphatic carbocycles. The van der Waals surface area contributed by atoms with E-state index >= 15 is 0 Å². The van der Waals surface area contributed by atoms with Crippen LogP contribution in [0.4, 0.5) is 0 Å². The Bertz CT molecular complexity index is 322. The van der Waals surface area contributed by atoms with Gasteiger partial charge in [0.15, 0.2) is 4.73 Å². The summed E-state index contributed by atoms with van der Waals surface area (Å²) < 4.78 is 0.746. The van der Waals surface area contributed by atoms with Gasteiger partial charge in [0.05, 0.1) is 17.2 Å². The molecule has 0 radical (unpaired) electrons. The van der Waals surface area contributed by atoms with Gasteiger partial charge in [0.1, 0.15) is 0 Å². The predicted molar refractivity (Wildman–Crippen MR) is 41.6 cm³/mol. The summed E-state index contributed by atoms with van der Waals surface area (Å²) in [5, 5.41) is 0. The van der Waals surface area contributed by atoms with Gasteiger partial charge in [-0.1, -0.05) is 0 Å². The van der Waals surface area contributed by atoms with Crippen LogP contribution < -0.4 is 0 Å². The van der Waals surface area contributed by atoms with Crippen molar-refractivity contribution in [2.75, 3.05) is 0 Å². The highest BCUT2D eigenvalue weighted by molar-refractivity contribution is 9.10. The molecule has 3 nitrogen and oxygen atoms in total. The second kappa shape index (κ2) is 2.05. The van der Waals surface area contributed by atoms with Crippen molar-refractivity contribution >= 4 is 27.0 Å². The lowest BCUT2D eigenvalue weighted by molar-refractivity contribution is 1.26. The fourth-order valence-corrected chi connectivity index (χ4v) is 1.23. The zero-order valence-electron chi connectivity index (χ0n) is 5.00. The molecule has 0 saturated heterocycles. The summed E-state index contributed by atoms with van der Waals surface area (Å²) in [5.74, 6) is 0. The normalized spacial score (nSPS) is 10.5. The summed E-state index contributed by atoms with van der Waals surface area (Å²) >= 11 is 3.23. The van der Waals surface area contributed by atoms with E-state index in [0.29, 0.717) is 0 Å². The quantitative estimate of drug-likeness (QED) is 0.700. The van der Waals surface area contributed by atoms with Crippen LogP contribution in [0.15, 0.2) is 23.2 Å². The number of halogens is 1. The van der Waals surface area contributed by atoms with Crippen LogP contribution in [0.1, 0.15) is 0 Å². The van der Waals surface area contributed by atoms with Gasteiger partial charge in [0.2, 0.25) is 0 Å². The van der Waals surface area contributed by atoms with Gasteiger partial charge in [-0.15, -0.1) is 0 Å². The lowest BCUT2D eigenvalue weighted by Gasteiger charge is -1.80. The maximum absolute atomic E-state index is 4.13. The van der Waals surface area contributed by atoms with E-state index in [-0.39, 0.29) is 0 Å². The molecular formula is C6H4BrN3. The van der Waals surface area contributed by atoms with E-state index in [4.69, 9.17) is 0 Å². The fraction of sp³-hybridized carbons (Fsp3) is 0. The summed E-state index contributed by atoms with van der Waals surface area (Å²) in [6, 6.07) is 1.86. The molecule has 1 N–H and O–H groups in total. The van der Waals surface area contributed by atoms with E-state index < -0.39 is 0 Å². The number of aromatic nitrogens is 3. The zero-order chi connectivity index (χ0) is 6.97. The van der Waals surface area contributed by atoms with Gasteiger partial charge in [-0.25, -0.2) is 4.98 Å². The van der Waals surface area contributed by atoms with E-state index in [2.05, 4.69) is 30.9 Å². The van der Waals surface area contributed by atoms with Gasteiger partial charge < -0.3 is 4.98 Å². The van der Waals surface area contributed by atoms with Crippen molar-refractivity contribution in [3.8, 4) is 0 Å². The number of imidazole rings is 1. The summed E-state index contributed by atoms with van der Waals surface area (Å²) in [7, 11) is 0. The van der Waals surface area contributed by atoms with Crippen LogP contribution in [0.5, 0.6) is 0 Å². The van der Waals surface area contributed by atoms with E-state index in [1.165, 1.54) is 0 Å². The van der Waals surface area contributed by atoms with Crippen molar-refractivity contribution in [2.24, 2.45) is 0 Å². The molecule has 0 saturated carbocycles. The molecule has 0 unspecified atom stereocenters. The monoisotopic (exact) mass is 197 g/mol. The van der Waals surface area contributed by atoms with Gasteiger partial charge >= 0.3 is 0 Å². The van der Waals surface area contributed by atoms with Gasteiger partial charge in [0, 0.05) is 6.20 Å². The molecule has 2 rings (SSSR count).